The molecule has 1 amide bonds. The summed E-state index contributed by atoms with van der Waals surface area (Å²) in [6, 6.07) is 12.0. The van der Waals surface area contributed by atoms with E-state index in [9.17, 15) is 9.18 Å². The molecule has 2 aliphatic heterocycles. The van der Waals surface area contributed by atoms with Crippen LogP contribution in [0.3, 0.4) is 0 Å². The zero-order valence-electron chi connectivity index (χ0n) is 17.0. The highest BCUT2D eigenvalue weighted by atomic mass is 35.5. The van der Waals surface area contributed by atoms with Crippen molar-refractivity contribution in [2.75, 3.05) is 31.1 Å². The summed E-state index contributed by atoms with van der Waals surface area (Å²) >= 11 is 6.29. The van der Waals surface area contributed by atoms with Crippen molar-refractivity contribution in [1.82, 2.24) is 4.90 Å². The van der Waals surface area contributed by atoms with Crippen LogP contribution in [0.5, 0.6) is 0 Å². The first kappa shape index (κ1) is 20.4. The summed E-state index contributed by atoms with van der Waals surface area (Å²) in [4.78, 5) is 17.6. The molecule has 2 aliphatic rings. The summed E-state index contributed by atoms with van der Waals surface area (Å²) in [5, 5.41) is 0.452. The largest absolute Gasteiger partial charge is 0.307 e. The molecule has 0 bridgehead atoms. The second-order valence-corrected chi connectivity index (χ2v) is 8.77. The molecule has 1 fully saturated rings. The Kier molecular flexibility index (Phi) is 5.93. The monoisotopic (exact) mass is 414 g/mol. The predicted molar refractivity (Wildman–Crippen MR) is 116 cm³/mol. The zero-order chi connectivity index (χ0) is 20.4. The first-order valence-electron chi connectivity index (χ1n) is 10.6. The van der Waals surface area contributed by atoms with Crippen molar-refractivity contribution in [3.8, 4) is 0 Å². The van der Waals surface area contributed by atoms with E-state index in [1.807, 2.05) is 17.0 Å². The smallest absolute Gasteiger partial charge is 0.259 e. The molecule has 0 aromatic heterocycles. The number of hydrogen-bond acceptors (Lipinski definition) is 2. The minimum atomic E-state index is -0.236. The van der Waals surface area contributed by atoms with Gasteiger partial charge in [-0.3, -0.25) is 4.79 Å². The highest BCUT2D eigenvalue weighted by molar-refractivity contribution is 6.34. The molecule has 1 saturated heterocycles. The number of anilines is 1. The van der Waals surface area contributed by atoms with Crippen molar-refractivity contribution in [1.29, 1.82) is 0 Å². The van der Waals surface area contributed by atoms with Crippen molar-refractivity contribution in [2.24, 2.45) is 0 Å². The normalized spacial score (nSPS) is 18.2. The number of unbranched alkanes of at least 4 members (excludes halogenated alkanes) is 2. The summed E-state index contributed by atoms with van der Waals surface area (Å²) in [7, 11) is 0. The Morgan fingerprint density at radius 1 is 1.14 bits per heavy atom. The van der Waals surface area contributed by atoms with Gasteiger partial charge in [0.25, 0.3) is 5.91 Å². The van der Waals surface area contributed by atoms with Crippen LogP contribution in [0.15, 0.2) is 42.5 Å². The number of hydrogen-bond donors (Lipinski definition) is 0. The predicted octanol–water partition coefficient (Wildman–Crippen LogP) is 5.66. The quantitative estimate of drug-likeness (QED) is 0.589. The van der Waals surface area contributed by atoms with Gasteiger partial charge < -0.3 is 9.80 Å². The van der Waals surface area contributed by atoms with Gasteiger partial charge in [-0.2, -0.15) is 0 Å². The lowest BCUT2D eigenvalue weighted by molar-refractivity contribution is 0.0976. The van der Waals surface area contributed by atoms with E-state index in [2.05, 4.69) is 11.8 Å². The molecular formula is C24H28ClFN2O. The molecular weight excluding hydrogens is 387 g/mol. The number of benzene rings is 2. The van der Waals surface area contributed by atoms with Gasteiger partial charge in [-0.15, -0.1) is 0 Å². The first-order chi connectivity index (χ1) is 14.0. The molecule has 29 heavy (non-hydrogen) atoms. The lowest BCUT2D eigenvalue weighted by Crippen LogP contribution is -2.46. The number of halogens is 2. The van der Waals surface area contributed by atoms with E-state index in [-0.39, 0.29) is 17.1 Å². The Labute approximate surface area is 177 Å². The van der Waals surface area contributed by atoms with Gasteiger partial charge >= 0.3 is 0 Å². The van der Waals surface area contributed by atoms with Crippen LogP contribution in [-0.2, 0) is 5.41 Å². The van der Waals surface area contributed by atoms with Crippen LogP contribution < -0.4 is 4.90 Å². The van der Waals surface area contributed by atoms with Crippen molar-refractivity contribution < 1.29 is 9.18 Å². The molecule has 2 aromatic carbocycles. The van der Waals surface area contributed by atoms with Gasteiger partial charge in [-0.05, 0) is 74.8 Å². The third kappa shape index (κ3) is 3.93. The van der Waals surface area contributed by atoms with Gasteiger partial charge in [0.1, 0.15) is 5.82 Å². The number of likely N-dealkylation sites (tertiary alicyclic amines) is 1. The maximum absolute atomic E-state index is 14.2. The highest BCUT2D eigenvalue weighted by Gasteiger charge is 2.46. The Morgan fingerprint density at radius 2 is 1.90 bits per heavy atom. The van der Waals surface area contributed by atoms with Crippen LogP contribution in [0.4, 0.5) is 10.1 Å². The number of carbonyl (C=O) groups excluding carboxylic acids is 1. The molecule has 2 heterocycles. The maximum Gasteiger partial charge on any atom is 0.259 e. The first-order valence-corrected chi connectivity index (χ1v) is 11.0. The van der Waals surface area contributed by atoms with Gasteiger partial charge in [-0.1, -0.05) is 43.5 Å². The van der Waals surface area contributed by atoms with E-state index in [0.29, 0.717) is 17.1 Å². The molecule has 0 radical (unpaired) electrons. The van der Waals surface area contributed by atoms with Gasteiger partial charge in [0, 0.05) is 17.6 Å². The van der Waals surface area contributed by atoms with Gasteiger partial charge in [0.15, 0.2) is 0 Å². The Balaban J connectivity index is 1.59. The Morgan fingerprint density at radius 3 is 2.62 bits per heavy atom. The highest BCUT2D eigenvalue weighted by Crippen LogP contribution is 2.48. The van der Waals surface area contributed by atoms with Gasteiger partial charge in [0.2, 0.25) is 0 Å². The lowest BCUT2D eigenvalue weighted by atomic mass is 9.74. The van der Waals surface area contributed by atoms with E-state index in [1.165, 1.54) is 25.3 Å². The van der Waals surface area contributed by atoms with E-state index in [1.54, 1.807) is 24.3 Å². The fourth-order valence-electron chi connectivity index (χ4n) is 4.82. The van der Waals surface area contributed by atoms with Crippen LogP contribution in [0.1, 0.15) is 54.9 Å². The molecule has 154 valence electrons. The molecule has 0 atom stereocenters. The van der Waals surface area contributed by atoms with Crippen LogP contribution in [0.25, 0.3) is 0 Å². The number of piperidine rings is 1. The zero-order valence-corrected chi connectivity index (χ0v) is 17.7. The number of rotatable bonds is 5. The van der Waals surface area contributed by atoms with Crippen LogP contribution in [0, 0.1) is 5.82 Å². The summed E-state index contributed by atoms with van der Waals surface area (Å²) in [6.45, 7) is 5.93. The number of carbonyl (C=O) groups is 1. The molecule has 4 rings (SSSR count). The van der Waals surface area contributed by atoms with Crippen LogP contribution >= 0.6 is 11.6 Å². The fourth-order valence-corrected chi connectivity index (χ4v) is 5.04. The van der Waals surface area contributed by atoms with Crippen molar-refractivity contribution in [2.45, 2.75) is 44.4 Å². The third-order valence-electron chi connectivity index (χ3n) is 6.52. The summed E-state index contributed by atoms with van der Waals surface area (Å²) in [5.41, 5.74) is 2.13. The van der Waals surface area contributed by atoms with Crippen LogP contribution in [0.2, 0.25) is 5.02 Å². The van der Waals surface area contributed by atoms with Gasteiger partial charge in [0.05, 0.1) is 10.6 Å². The van der Waals surface area contributed by atoms with Crippen molar-refractivity contribution >= 4 is 23.2 Å². The minimum absolute atomic E-state index is 0.106. The van der Waals surface area contributed by atoms with E-state index in [0.717, 1.165) is 43.7 Å². The van der Waals surface area contributed by atoms with Gasteiger partial charge in [-0.25, -0.2) is 4.39 Å². The second-order valence-electron chi connectivity index (χ2n) is 8.36. The average molecular weight is 415 g/mol. The Bertz CT molecular complexity index is 892. The number of amides is 1. The fraction of sp³-hybridized carbons (Fsp3) is 0.458. The second kappa shape index (κ2) is 8.45. The van der Waals surface area contributed by atoms with E-state index >= 15 is 0 Å². The van der Waals surface area contributed by atoms with E-state index in [4.69, 9.17) is 11.6 Å². The summed E-state index contributed by atoms with van der Waals surface area (Å²) < 4.78 is 14.2. The molecule has 0 saturated carbocycles. The number of fused-ring (bicyclic) bond motifs is 2. The lowest BCUT2D eigenvalue weighted by Gasteiger charge is -2.40. The minimum Gasteiger partial charge on any atom is -0.307 e. The Hall–Kier alpha value is -1.91. The standard InChI is InChI=1S/C24H28ClFN2O/c1-2-3-6-13-27-14-11-24(12-15-27)17-28(22-10-9-18(26)16-20(22)24)23(29)19-7-4-5-8-21(19)25/h4-5,7-10,16H,2-3,6,11-15,17H2,1H3. The molecule has 0 unspecified atom stereocenters. The molecule has 0 aliphatic carbocycles. The summed E-state index contributed by atoms with van der Waals surface area (Å²) in [6.07, 6.45) is 5.61. The molecule has 2 aromatic rings. The third-order valence-corrected chi connectivity index (χ3v) is 6.85. The molecule has 5 heteroatoms. The molecule has 3 nitrogen and oxygen atoms in total. The summed E-state index contributed by atoms with van der Waals surface area (Å²) in [5.74, 6) is -0.341. The molecule has 1 spiro atoms. The maximum atomic E-state index is 14.2. The molecule has 0 N–H and O–H groups in total. The SMILES string of the molecule is CCCCCN1CCC2(CC1)CN(C(=O)c1ccccc1Cl)c1ccc(F)cc12. The number of nitrogens with zero attached hydrogens (tertiary/aromatic N) is 2. The average Bonchev–Trinajstić information content (AvgIpc) is 3.03. The van der Waals surface area contributed by atoms with Crippen molar-refractivity contribution in [3.05, 3.63) is 64.4 Å². The van der Waals surface area contributed by atoms with E-state index < -0.39 is 0 Å². The van der Waals surface area contributed by atoms with Crippen LogP contribution in [-0.4, -0.2) is 37.0 Å². The topological polar surface area (TPSA) is 23.6 Å². The van der Waals surface area contributed by atoms with Crippen molar-refractivity contribution in [3.63, 3.8) is 0 Å².